The number of ether oxygens (including phenoxy) is 2. The number of benzene rings is 2. The number of hydrogen-bond donors (Lipinski definition) is 0. The third kappa shape index (κ3) is 5.17. The highest BCUT2D eigenvalue weighted by molar-refractivity contribution is 5.96. The van der Waals surface area contributed by atoms with Crippen molar-refractivity contribution in [3.63, 3.8) is 0 Å². The fourth-order valence-electron chi connectivity index (χ4n) is 3.57. The quantitative estimate of drug-likeness (QED) is 0.473. The lowest BCUT2D eigenvalue weighted by molar-refractivity contribution is -0.141. The van der Waals surface area contributed by atoms with Gasteiger partial charge in [0.05, 0.1) is 0 Å². The molecule has 0 aromatic heterocycles. The summed E-state index contributed by atoms with van der Waals surface area (Å²) in [7, 11) is 1.90. The lowest BCUT2D eigenvalue weighted by Gasteiger charge is -2.23. The molecule has 0 spiro atoms. The first kappa shape index (κ1) is 22.2. The summed E-state index contributed by atoms with van der Waals surface area (Å²) >= 11 is 0. The average Bonchev–Trinajstić information content (AvgIpc) is 2.92. The normalized spacial score (nSPS) is 16.1. The van der Waals surface area contributed by atoms with E-state index in [-0.39, 0.29) is 23.6 Å². The lowest BCUT2D eigenvalue weighted by atomic mass is 9.83. The van der Waals surface area contributed by atoms with Gasteiger partial charge in [-0.3, -0.25) is 4.79 Å². The maximum atomic E-state index is 12.4. The number of likely N-dealkylation sites (N-methyl/N-ethyl adjacent to an activating group) is 1. The molecule has 0 bridgehead atoms. The number of fused-ring (bicyclic) bond motifs is 1. The van der Waals surface area contributed by atoms with Gasteiger partial charge in [0, 0.05) is 36.0 Å². The minimum atomic E-state index is -2.90. The number of alkyl halides is 2. The zero-order chi connectivity index (χ0) is 22.6. The molecule has 31 heavy (non-hydrogen) atoms. The molecule has 2 aromatic carbocycles. The van der Waals surface area contributed by atoms with E-state index in [1.807, 2.05) is 50.1 Å². The van der Waals surface area contributed by atoms with Crippen LogP contribution in [-0.4, -0.2) is 32.0 Å². The number of esters is 1. The van der Waals surface area contributed by atoms with E-state index < -0.39 is 12.6 Å². The first-order valence-electron chi connectivity index (χ1n) is 9.66. The minimum absolute atomic E-state index is 0.0234. The predicted molar refractivity (Wildman–Crippen MR) is 114 cm³/mol. The van der Waals surface area contributed by atoms with Crippen LogP contribution in [0.3, 0.4) is 0 Å². The smallest absolute Gasteiger partial charge is 0.387 e. The molecule has 0 unspecified atom stereocenters. The Bertz CT molecular complexity index is 1030. The number of ketones is 1. The topological polar surface area (TPSA) is 55.8 Å². The molecular weight excluding hydrogens is 404 g/mol. The number of halogens is 2. The third-order valence-electron chi connectivity index (χ3n) is 5.11. The first-order chi connectivity index (χ1) is 14.7. The highest BCUT2D eigenvalue weighted by Crippen LogP contribution is 2.46. The first-order valence-corrected chi connectivity index (χ1v) is 9.66. The van der Waals surface area contributed by atoms with Gasteiger partial charge in [0.2, 0.25) is 0 Å². The molecular formula is C24H23F2NO4. The molecule has 0 fully saturated rings. The average molecular weight is 427 g/mol. The second-order valence-corrected chi connectivity index (χ2v) is 7.59. The Morgan fingerprint density at radius 2 is 1.77 bits per heavy atom. The Kier molecular flexibility index (Phi) is 6.53. The molecule has 0 saturated heterocycles. The summed E-state index contributed by atoms with van der Waals surface area (Å²) in [5.74, 6) is -0.977. The van der Waals surface area contributed by atoms with E-state index in [1.165, 1.54) is 42.5 Å². The van der Waals surface area contributed by atoms with E-state index >= 15 is 0 Å². The van der Waals surface area contributed by atoms with Crippen LogP contribution < -0.4 is 9.64 Å². The number of rotatable bonds is 7. The van der Waals surface area contributed by atoms with Crippen molar-refractivity contribution in [1.29, 1.82) is 0 Å². The molecule has 1 aliphatic heterocycles. The lowest BCUT2D eigenvalue weighted by Crippen LogP contribution is -2.25. The second kappa shape index (κ2) is 9.12. The fraction of sp³-hybridized carbons (Fsp3) is 0.250. The van der Waals surface area contributed by atoms with Crippen molar-refractivity contribution in [2.75, 3.05) is 18.6 Å². The molecule has 5 nitrogen and oxygen atoms in total. The van der Waals surface area contributed by atoms with E-state index in [9.17, 15) is 18.4 Å². The Hall–Kier alpha value is -3.48. The van der Waals surface area contributed by atoms with Gasteiger partial charge in [-0.1, -0.05) is 44.2 Å². The molecule has 7 heteroatoms. The minimum Gasteiger partial charge on any atom is -0.454 e. The number of para-hydroxylation sites is 1. The van der Waals surface area contributed by atoms with Crippen molar-refractivity contribution in [3.8, 4) is 5.75 Å². The Morgan fingerprint density at radius 1 is 1.10 bits per heavy atom. The van der Waals surface area contributed by atoms with Gasteiger partial charge < -0.3 is 14.4 Å². The number of carbonyl (C=O) groups is 2. The Balaban J connectivity index is 1.57. The Morgan fingerprint density at radius 3 is 2.42 bits per heavy atom. The van der Waals surface area contributed by atoms with Crippen LogP contribution in [0.25, 0.3) is 6.08 Å². The molecule has 2 aromatic rings. The van der Waals surface area contributed by atoms with Crippen LogP contribution in [0.4, 0.5) is 14.5 Å². The van der Waals surface area contributed by atoms with Gasteiger partial charge in [0.1, 0.15) is 5.75 Å². The van der Waals surface area contributed by atoms with Crippen molar-refractivity contribution < 1.29 is 27.8 Å². The summed E-state index contributed by atoms with van der Waals surface area (Å²) in [5.41, 5.74) is 3.25. The molecule has 0 aliphatic carbocycles. The predicted octanol–water partition coefficient (Wildman–Crippen LogP) is 4.73. The van der Waals surface area contributed by atoms with Crippen LogP contribution in [0.15, 0.2) is 66.4 Å². The van der Waals surface area contributed by atoms with Crippen molar-refractivity contribution in [2.45, 2.75) is 25.9 Å². The summed E-state index contributed by atoms with van der Waals surface area (Å²) < 4.78 is 33.6. The van der Waals surface area contributed by atoms with Gasteiger partial charge >= 0.3 is 12.6 Å². The number of allylic oxidation sites excluding steroid dienone is 1. The molecule has 0 N–H and O–H groups in total. The van der Waals surface area contributed by atoms with Crippen molar-refractivity contribution in [2.24, 2.45) is 0 Å². The fourth-order valence-corrected chi connectivity index (χ4v) is 3.57. The highest BCUT2D eigenvalue weighted by atomic mass is 19.3. The molecule has 3 rings (SSSR count). The van der Waals surface area contributed by atoms with Crippen LogP contribution >= 0.6 is 0 Å². The highest BCUT2D eigenvalue weighted by Gasteiger charge is 2.38. The molecule has 0 radical (unpaired) electrons. The van der Waals surface area contributed by atoms with E-state index in [4.69, 9.17) is 4.74 Å². The maximum Gasteiger partial charge on any atom is 0.387 e. The van der Waals surface area contributed by atoms with Gasteiger partial charge in [-0.25, -0.2) is 4.79 Å². The number of carbonyl (C=O) groups excluding carboxylic acids is 2. The zero-order valence-corrected chi connectivity index (χ0v) is 17.5. The molecule has 0 amide bonds. The SMILES string of the molecule is CN1/C(=C\C(=O)COC(=O)/C=C/c2ccc(OC(F)F)cc2)C(C)(C)c2ccccc21. The molecule has 1 heterocycles. The molecule has 1 aliphatic rings. The zero-order valence-electron chi connectivity index (χ0n) is 17.5. The standard InChI is InChI=1S/C24H23F2NO4/c1-24(2)19-6-4-5-7-20(19)27(3)21(24)14-17(28)15-30-22(29)13-10-16-8-11-18(12-9-16)31-23(25)26/h4-14,23H,15H2,1-3H3/b13-10+,21-14-. The van der Waals surface area contributed by atoms with E-state index in [2.05, 4.69) is 4.74 Å². The Labute approximate surface area is 179 Å². The van der Waals surface area contributed by atoms with Gasteiger partial charge in [0.15, 0.2) is 12.4 Å². The van der Waals surface area contributed by atoms with Crippen LogP contribution in [0.1, 0.15) is 25.0 Å². The van der Waals surface area contributed by atoms with E-state index in [0.29, 0.717) is 5.56 Å². The molecule has 0 atom stereocenters. The van der Waals surface area contributed by atoms with Crippen LogP contribution in [0.5, 0.6) is 5.75 Å². The summed E-state index contributed by atoms with van der Waals surface area (Å²) in [6.45, 7) is 0.808. The summed E-state index contributed by atoms with van der Waals surface area (Å²) in [6.07, 6.45) is 4.14. The van der Waals surface area contributed by atoms with Crippen LogP contribution in [0, 0.1) is 0 Å². The number of hydrogen-bond acceptors (Lipinski definition) is 5. The number of anilines is 1. The maximum absolute atomic E-state index is 12.4. The largest absolute Gasteiger partial charge is 0.454 e. The van der Waals surface area contributed by atoms with Gasteiger partial charge in [-0.15, -0.1) is 0 Å². The van der Waals surface area contributed by atoms with E-state index in [1.54, 1.807) is 0 Å². The molecule has 0 saturated carbocycles. The monoisotopic (exact) mass is 427 g/mol. The van der Waals surface area contributed by atoms with Crippen LogP contribution in [0.2, 0.25) is 0 Å². The van der Waals surface area contributed by atoms with Gasteiger partial charge in [-0.05, 0) is 35.4 Å². The second-order valence-electron chi connectivity index (χ2n) is 7.59. The third-order valence-corrected chi connectivity index (χ3v) is 5.11. The van der Waals surface area contributed by atoms with Gasteiger partial charge in [0.25, 0.3) is 0 Å². The van der Waals surface area contributed by atoms with E-state index in [0.717, 1.165) is 16.9 Å². The van der Waals surface area contributed by atoms with Crippen molar-refractivity contribution in [3.05, 3.63) is 77.5 Å². The summed E-state index contributed by atoms with van der Waals surface area (Å²) in [4.78, 5) is 26.3. The van der Waals surface area contributed by atoms with Crippen molar-refractivity contribution >= 4 is 23.5 Å². The molecule has 162 valence electrons. The van der Waals surface area contributed by atoms with Crippen LogP contribution in [-0.2, 0) is 19.7 Å². The number of nitrogens with zero attached hydrogens (tertiary/aromatic N) is 1. The van der Waals surface area contributed by atoms with Gasteiger partial charge in [-0.2, -0.15) is 8.78 Å². The summed E-state index contributed by atoms with van der Waals surface area (Å²) in [6, 6.07) is 13.7. The summed E-state index contributed by atoms with van der Waals surface area (Å²) in [5, 5.41) is 0. The van der Waals surface area contributed by atoms with Crippen molar-refractivity contribution in [1.82, 2.24) is 0 Å².